The number of amides is 1. The van der Waals surface area contributed by atoms with Crippen LogP contribution in [0.25, 0.3) is 33.5 Å². The zero-order valence-corrected chi connectivity index (χ0v) is 20.3. The molecule has 1 amide bonds. The molecule has 5 aromatic rings. The summed E-state index contributed by atoms with van der Waals surface area (Å²) in [6, 6.07) is 13.7. The van der Waals surface area contributed by atoms with E-state index in [0.717, 1.165) is 62.9 Å². The SMILES string of the molecule is COc1ccc2c(CC(=O)N3CCN(c4scnc4-c4nc5ccccc5[nH]4)CC3C)coc2c1. The van der Waals surface area contributed by atoms with E-state index in [1.54, 1.807) is 24.7 Å². The van der Waals surface area contributed by atoms with Gasteiger partial charge in [-0.1, -0.05) is 12.1 Å². The van der Waals surface area contributed by atoms with Crippen molar-refractivity contribution in [2.45, 2.75) is 19.4 Å². The van der Waals surface area contributed by atoms with Gasteiger partial charge in [0.2, 0.25) is 5.91 Å². The summed E-state index contributed by atoms with van der Waals surface area (Å²) < 4.78 is 10.9. The highest BCUT2D eigenvalue weighted by Gasteiger charge is 2.30. The number of furan rings is 1. The van der Waals surface area contributed by atoms with Crippen molar-refractivity contribution in [2.24, 2.45) is 0 Å². The first kappa shape index (κ1) is 21.7. The lowest BCUT2D eigenvalue weighted by atomic mass is 10.1. The number of benzene rings is 2. The fraction of sp³-hybridized carbons (Fsp3) is 0.269. The van der Waals surface area contributed by atoms with Crippen LogP contribution >= 0.6 is 11.3 Å². The number of rotatable bonds is 5. The van der Waals surface area contributed by atoms with Gasteiger partial charge in [0.05, 0.1) is 36.3 Å². The van der Waals surface area contributed by atoms with Crippen molar-refractivity contribution in [3.05, 3.63) is 59.8 Å². The quantitative estimate of drug-likeness (QED) is 0.386. The largest absolute Gasteiger partial charge is 0.497 e. The molecule has 1 N–H and O–H groups in total. The predicted octanol–water partition coefficient (Wildman–Crippen LogP) is 4.72. The zero-order valence-electron chi connectivity index (χ0n) is 19.5. The third-order valence-electron chi connectivity index (χ3n) is 6.60. The lowest BCUT2D eigenvalue weighted by Gasteiger charge is -2.40. The molecule has 3 aromatic heterocycles. The summed E-state index contributed by atoms with van der Waals surface area (Å²) in [6.07, 6.45) is 1.99. The summed E-state index contributed by atoms with van der Waals surface area (Å²) in [6.45, 7) is 4.24. The third kappa shape index (κ3) is 3.91. The second-order valence-corrected chi connectivity index (χ2v) is 9.62. The molecular weight excluding hydrogens is 462 g/mol. The Morgan fingerprint density at radius 1 is 1.26 bits per heavy atom. The first-order valence-electron chi connectivity index (χ1n) is 11.6. The molecule has 1 aliphatic heterocycles. The Morgan fingerprint density at radius 3 is 2.97 bits per heavy atom. The van der Waals surface area contributed by atoms with Gasteiger partial charge in [-0.15, -0.1) is 11.3 Å². The van der Waals surface area contributed by atoms with Crippen molar-refractivity contribution in [1.82, 2.24) is 19.9 Å². The van der Waals surface area contributed by atoms with Crippen LogP contribution in [-0.4, -0.2) is 58.5 Å². The maximum Gasteiger partial charge on any atom is 0.227 e. The molecule has 0 aliphatic carbocycles. The first-order chi connectivity index (χ1) is 17.1. The minimum Gasteiger partial charge on any atom is -0.497 e. The standard InChI is InChI=1S/C26H25N5O3S/c1-16-13-30(26-24(27-15-35-26)25-28-20-5-3-4-6-21(20)29-25)9-10-31(16)23(32)11-17-14-34-22-12-18(33-2)7-8-19(17)22/h3-8,12,14-16H,9-11,13H2,1-2H3,(H,28,29). The van der Waals surface area contributed by atoms with Gasteiger partial charge < -0.3 is 23.9 Å². The number of hydrogen-bond donors (Lipinski definition) is 1. The number of aromatic nitrogens is 3. The van der Waals surface area contributed by atoms with Gasteiger partial charge in [0.1, 0.15) is 22.0 Å². The number of ether oxygens (including phenoxy) is 1. The van der Waals surface area contributed by atoms with E-state index in [1.165, 1.54) is 0 Å². The average molecular weight is 488 g/mol. The van der Waals surface area contributed by atoms with Crippen LogP contribution in [-0.2, 0) is 11.2 Å². The number of carbonyl (C=O) groups excluding carboxylic acids is 1. The Balaban J connectivity index is 1.17. The molecule has 4 heterocycles. The van der Waals surface area contributed by atoms with Crippen LogP contribution < -0.4 is 9.64 Å². The van der Waals surface area contributed by atoms with E-state index in [-0.39, 0.29) is 11.9 Å². The molecule has 9 heteroatoms. The molecule has 1 unspecified atom stereocenters. The van der Waals surface area contributed by atoms with Crippen LogP contribution in [0.3, 0.4) is 0 Å². The number of anilines is 1. The van der Waals surface area contributed by atoms with Gasteiger partial charge >= 0.3 is 0 Å². The second kappa shape index (κ2) is 8.74. The van der Waals surface area contributed by atoms with Crippen LogP contribution in [0.2, 0.25) is 0 Å². The lowest BCUT2D eigenvalue weighted by Crippen LogP contribution is -2.54. The summed E-state index contributed by atoms with van der Waals surface area (Å²) in [5, 5.41) is 2.03. The number of hydrogen-bond acceptors (Lipinski definition) is 7. The fourth-order valence-electron chi connectivity index (χ4n) is 4.80. The van der Waals surface area contributed by atoms with E-state index in [9.17, 15) is 4.79 Å². The van der Waals surface area contributed by atoms with Crippen LogP contribution in [0.1, 0.15) is 12.5 Å². The Bertz CT molecular complexity index is 1490. The highest BCUT2D eigenvalue weighted by Crippen LogP contribution is 2.34. The van der Waals surface area contributed by atoms with Crippen molar-refractivity contribution in [3.63, 3.8) is 0 Å². The van der Waals surface area contributed by atoms with Gasteiger partial charge in [0.25, 0.3) is 0 Å². The molecule has 1 atom stereocenters. The number of nitrogens with zero attached hydrogens (tertiary/aromatic N) is 4. The molecule has 1 saturated heterocycles. The van der Waals surface area contributed by atoms with Gasteiger partial charge in [0.15, 0.2) is 5.82 Å². The first-order valence-corrected chi connectivity index (χ1v) is 12.5. The molecule has 2 aromatic carbocycles. The maximum absolute atomic E-state index is 13.2. The number of piperazine rings is 1. The Morgan fingerprint density at radius 2 is 2.14 bits per heavy atom. The Kier molecular flexibility index (Phi) is 5.41. The average Bonchev–Trinajstić information content (AvgIpc) is 3.61. The molecule has 35 heavy (non-hydrogen) atoms. The third-order valence-corrected chi connectivity index (χ3v) is 7.49. The van der Waals surface area contributed by atoms with E-state index in [2.05, 4.69) is 21.8 Å². The second-order valence-electron chi connectivity index (χ2n) is 8.79. The number of para-hydroxylation sites is 2. The number of thiazole rings is 1. The fourth-order valence-corrected chi connectivity index (χ4v) is 5.63. The Labute approximate surface area is 206 Å². The number of aromatic amines is 1. The number of H-pyrrole nitrogens is 1. The summed E-state index contributed by atoms with van der Waals surface area (Å²) in [5.74, 6) is 1.62. The molecule has 0 spiro atoms. The lowest BCUT2D eigenvalue weighted by molar-refractivity contribution is -0.132. The molecule has 8 nitrogen and oxygen atoms in total. The minimum absolute atomic E-state index is 0.0696. The number of methoxy groups -OCH3 is 1. The van der Waals surface area contributed by atoms with Gasteiger partial charge in [-0.25, -0.2) is 9.97 Å². The van der Waals surface area contributed by atoms with Gasteiger partial charge in [-0.05, 0) is 31.2 Å². The highest BCUT2D eigenvalue weighted by atomic mass is 32.1. The Hall–Kier alpha value is -3.85. The highest BCUT2D eigenvalue weighted by molar-refractivity contribution is 7.14. The van der Waals surface area contributed by atoms with E-state index < -0.39 is 0 Å². The van der Waals surface area contributed by atoms with Gasteiger partial charge in [-0.2, -0.15) is 0 Å². The maximum atomic E-state index is 13.2. The minimum atomic E-state index is 0.0696. The number of imidazole rings is 1. The summed E-state index contributed by atoms with van der Waals surface area (Å²) >= 11 is 1.61. The van der Waals surface area contributed by atoms with Crippen LogP contribution in [0.4, 0.5) is 5.00 Å². The van der Waals surface area contributed by atoms with Crippen LogP contribution in [0.15, 0.2) is 58.7 Å². The topological polar surface area (TPSA) is 87.5 Å². The van der Waals surface area contributed by atoms with Crippen molar-refractivity contribution in [2.75, 3.05) is 31.6 Å². The van der Waals surface area contributed by atoms with E-state index in [0.29, 0.717) is 13.0 Å². The van der Waals surface area contributed by atoms with Crippen LogP contribution in [0.5, 0.6) is 5.75 Å². The van der Waals surface area contributed by atoms with Crippen molar-refractivity contribution in [3.8, 4) is 17.3 Å². The van der Waals surface area contributed by atoms with Crippen LogP contribution in [0, 0.1) is 0 Å². The molecule has 6 rings (SSSR count). The van der Waals surface area contributed by atoms with Crippen molar-refractivity contribution >= 4 is 44.2 Å². The summed E-state index contributed by atoms with van der Waals surface area (Å²) in [4.78, 5) is 30.3. The smallest absolute Gasteiger partial charge is 0.227 e. The summed E-state index contributed by atoms with van der Waals surface area (Å²) in [5.41, 5.74) is 6.27. The molecule has 1 fully saturated rings. The van der Waals surface area contributed by atoms with E-state index >= 15 is 0 Å². The zero-order chi connectivity index (χ0) is 23.9. The summed E-state index contributed by atoms with van der Waals surface area (Å²) in [7, 11) is 1.63. The van der Waals surface area contributed by atoms with Crippen molar-refractivity contribution < 1.29 is 13.9 Å². The normalized spacial score (nSPS) is 16.3. The van der Waals surface area contributed by atoms with E-state index in [4.69, 9.17) is 14.1 Å². The van der Waals surface area contributed by atoms with Crippen molar-refractivity contribution in [1.29, 1.82) is 0 Å². The molecule has 1 aliphatic rings. The number of fused-ring (bicyclic) bond motifs is 2. The molecule has 0 saturated carbocycles. The van der Waals surface area contributed by atoms with E-state index in [1.807, 2.05) is 52.9 Å². The molecule has 0 radical (unpaired) electrons. The van der Waals surface area contributed by atoms with Gasteiger partial charge in [0, 0.05) is 42.7 Å². The molecular formula is C26H25N5O3S. The number of nitrogens with one attached hydrogen (secondary N) is 1. The monoisotopic (exact) mass is 487 g/mol. The predicted molar refractivity (Wildman–Crippen MR) is 137 cm³/mol. The van der Waals surface area contributed by atoms with Gasteiger partial charge in [-0.3, -0.25) is 4.79 Å². The molecule has 0 bridgehead atoms. The molecule has 178 valence electrons. The number of carbonyl (C=O) groups is 1.